The van der Waals surface area contributed by atoms with Crippen molar-refractivity contribution >= 4 is 22.1 Å². The Kier molecular flexibility index (Phi) is 6.28. The van der Waals surface area contributed by atoms with E-state index >= 15 is 0 Å². The molecule has 10 heteroatoms. The SMILES string of the molecule is CCC(CC(N)=NO)NS(=O)(=O)NC(=O)OC. The second-order valence-electron chi connectivity index (χ2n) is 3.12. The summed E-state index contributed by atoms with van der Waals surface area (Å²) in [5.41, 5.74) is 5.25. The minimum atomic E-state index is -4.02. The lowest BCUT2D eigenvalue weighted by Crippen LogP contribution is -2.46. The number of nitrogens with one attached hydrogen (secondary N) is 2. The number of oxime groups is 1. The average molecular weight is 268 g/mol. The number of amides is 1. The summed E-state index contributed by atoms with van der Waals surface area (Å²) in [6.07, 6.45) is -0.677. The molecule has 17 heavy (non-hydrogen) atoms. The Balaban J connectivity index is 4.51. The summed E-state index contributed by atoms with van der Waals surface area (Å²) in [5, 5.41) is 11.1. The number of nitrogens with zero attached hydrogens (tertiary/aromatic N) is 1. The topological polar surface area (TPSA) is 143 Å². The molecule has 0 rings (SSSR count). The number of carbonyl (C=O) groups is 1. The van der Waals surface area contributed by atoms with Gasteiger partial charge < -0.3 is 15.7 Å². The number of carbonyl (C=O) groups excluding carboxylic acids is 1. The Labute approximate surface area is 99.2 Å². The number of rotatable bonds is 6. The van der Waals surface area contributed by atoms with Crippen LogP contribution in [0.3, 0.4) is 0 Å². The van der Waals surface area contributed by atoms with Crippen LogP contribution in [-0.2, 0) is 14.9 Å². The molecule has 1 unspecified atom stereocenters. The molecule has 0 bridgehead atoms. The van der Waals surface area contributed by atoms with Crippen molar-refractivity contribution in [3.05, 3.63) is 0 Å². The van der Waals surface area contributed by atoms with Gasteiger partial charge in [-0.15, -0.1) is 0 Å². The van der Waals surface area contributed by atoms with E-state index in [4.69, 9.17) is 10.9 Å². The van der Waals surface area contributed by atoms with Crippen molar-refractivity contribution in [2.24, 2.45) is 10.9 Å². The third-order valence-electron chi connectivity index (χ3n) is 1.80. The molecule has 0 heterocycles. The lowest BCUT2D eigenvalue weighted by Gasteiger charge is -2.16. The van der Waals surface area contributed by atoms with E-state index < -0.39 is 22.3 Å². The molecule has 100 valence electrons. The second-order valence-corrected chi connectivity index (χ2v) is 4.56. The molecule has 0 saturated carbocycles. The fraction of sp³-hybridized carbons (Fsp3) is 0.714. The Morgan fingerprint density at radius 2 is 2.18 bits per heavy atom. The fourth-order valence-electron chi connectivity index (χ4n) is 0.963. The van der Waals surface area contributed by atoms with Gasteiger partial charge in [-0.2, -0.15) is 13.1 Å². The van der Waals surface area contributed by atoms with E-state index in [1.54, 1.807) is 11.6 Å². The quantitative estimate of drug-likeness (QED) is 0.212. The number of hydrogen-bond acceptors (Lipinski definition) is 6. The van der Waals surface area contributed by atoms with Crippen LogP contribution >= 0.6 is 0 Å². The van der Waals surface area contributed by atoms with Crippen LogP contribution in [0.5, 0.6) is 0 Å². The van der Waals surface area contributed by atoms with Crippen LogP contribution in [0.2, 0.25) is 0 Å². The maximum atomic E-state index is 11.4. The van der Waals surface area contributed by atoms with Crippen LogP contribution in [0, 0.1) is 0 Å². The maximum Gasteiger partial charge on any atom is 0.421 e. The number of ether oxygens (including phenoxy) is 1. The molecule has 0 aliphatic rings. The van der Waals surface area contributed by atoms with Crippen molar-refractivity contribution in [3.63, 3.8) is 0 Å². The number of hydrogen-bond donors (Lipinski definition) is 4. The molecule has 0 aromatic rings. The Morgan fingerprint density at radius 3 is 2.59 bits per heavy atom. The standard InChI is InChI=1S/C7H16N4O5S/c1-3-5(4-6(8)9-13)10-17(14,15)11-7(12)16-2/h5,10,13H,3-4H2,1-2H3,(H2,8,9)(H,11,12). The largest absolute Gasteiger partial charge is 0.452 e. The van der Waals surface area contributed by atoms with Gasteiger partial charge in [0.15, 0.2) is 0 Å². The minimum Gasteiger partial charge on any atom is -0.452 e. The molecule has 1 amide bonds. The van der Waals surface area contributed by atoms with Gasteiger partial charge in [-0.25, -0.2) is 9.52 Å². The van der Waals surface area contributed by atoms with E-state index in [9.17, 15) is 13.2 Å². The predicted octanol–water partition coefficient (Wildman–Crippen LogP) is -0.908. The van der Waals surface area contributed by atoms with E-state index in [2.05, 4.69) is 14.6 Å². The lowest BCUT2D eigenvalue weighted by atomic mass is 10.1. The van der Waals surface area contributed by atoms with Gasteiger partial charge in [-0.3, -0.25) is 0 Å². The van der Waals surface area contributed by atoms with Gasteiger partial charge in [-0.1, -0.05) is 12.1 Å². The monoisotopic (exact) mass is 268 g/mol. The van der Waals surface area contributed by atoms with E-state index in [0.717, 1.165) is 7.11 Å². The van der Waals surface area contributed by atoms with Gasteiger partial charge in [0.05, 0.1) is 7.11 Å². The summed E-state index contributed by atoms with van der Waals surface area (Å²) in [5.74, 6) is -0.113. The maximum absolute atomic E-state index is 11.4. The number of amidine groups is 1. The molecular weight excluding hydrogens is 252 g/mol. The van der Waals surface area contributed by atoms with Crippen LogP contribution < -0.4 is 15.2 Å². The van der Waals surface area contributed by atoms with E-state index in [0.29, 0.717) is 6.42 Å². The fourth-order valence-corrected chi connectivity index (χ4v) is 2.01. The third kappa shape index (κ3) is 6.58. The zero-order valence-corrected chi connectivity index (χ0v) is 10.3. The van der Waals surface area contributed by atoms with Crippen LogP contribution in [0.4, 0.5) is 4.79 Å². The van der Waals surface area contributed by atoms with Crippen LogP contribution in [0.25, 0.3) is 0 Å². The molecule has 5 N–H and O–H groups in total. The first kappa shape index (κ1) is 15.4. The third-order valence-corrected chi connectivity index (χ3v) is 2.88. The molecule has 0 aromatic heterocycles. The van der Waals surface area contributed by atoms with Crippen molar-refractivity contribution in [1.29, 1.82) is 0 Å². The van der Waals surface area contributed by atoms with Crippen molar-refractivity contribution < 1.29 is 23.2 Å². The van der Waals surface area contributed by atoms with Crippen LogP contribution in [-0.4, -0.2) is 38.7 Å². The summed E-state index contributed by atoms with van der Waals surface area (Å²) >= 11 is 0. The van der Waals surface area contributed by atoms with Gasteiger partial charge in [-0.05, 0) is 6.42 Å². The molecule has 1 atom stereocenters. The highest BCUT2D eigenvalue weighted by molar-refractivity contribution is 7.88. The summed E-state index contributed by atoms with van der Waals surface area (Å²) in [6, 6.07) is -0.590. The summed E-state index contributed by atoms with van der Waals surface area (Å²) in [7, 11) is -2.98. The van der Waals surface area contributed by atoms with E-state index in [-0.39, 0.29) is 12.3 Å². The molecule has 0 aromatic carbocycles. The first-order valence-electron chi connectivity index (χ1n) is 4.69. The molecule has 0 aliphatic heterocycles. The van der Waals surface area contributed by atoms with Gasteiger partial charge >= 0.3 is 16.3 Å². The number of methoxy groups -OCH3 is 1. The average Bonchev–Trinajstić information content (AvgIpc) is 2.26. The van der Waals surface area contributed by atoms with Crippen LogP contribution in [0.1, 0.15) is 19.8 Å². The molecule has 0 saturated heterocycles. The highest BCUT2D eigenvalue weighted by atomic mass is 32.2. The highest BCUT2D eigenvalue weighted by Crippen LogP contribution is 1.99. The van der Waals surface area contributed by atoms with Gasteiger partial charge in [0.1, 0.15) is 5.84 Å². The second kappa shape index (κ2) is 6.91. The van der Waals surface area contributed by atoms with Gasteiger partial charge in [0.25, 0.3) is 0 Å². The normalized spacial score (nSPS) is 14.1. The highest BCUT2D eigenvalue weighted by Gasteiger charge is 2.20. The van der Waals surface area contributed by atoms with Gasteiger partial charge in [0, 0.05) is 12.5 Å². The van der Waals surface area contributed by atoms with Crippen LogP contribution in [0.15, 0.2) is 5.16 Å². The Bertz CT molecular complexity index is 380. The molecule has 0 aliphatic carbocycles. The van der Waals surface area contributed by atoms with E-state index in [1.807, 2.05) is 0 Å². The summed E-state index contributed by atoms with van der Waals surface area (Å²) < 4.78 is 30.7. The van der Waals surface area contributed by atoms with Crippen molar-refractivity contribution in [2.75, 3.05) is 7.11 Å². The van der Waals surface area contributed by atoms with Crippen molar-refractivity contribution in [3.8, 4) is 0 Å². The smallest absolute Gasteiger partial charge is 0.421 e. The van der Waals surface area contributed by atoms with E-state index in [1.165, 1.54) is 0 Å². The van der Waals surface area contributed by atoms with Crippen molar-refractivity contribution in [1.82, 2.24) is 9.44 Å². The Hall–Kier alpha value is -1.55. The van der Waals surface area contributed by atoms with Crippen molar-refractivity contribution in [2.45, 2.75) is 25.8 Å². The first-order chi connectivity index (χ1) is 7.84. The summed E-state index contributed by atoms with van der Waals surface area (Å²) in [4.78, 5) is 10.7. The lowest BCUT2D eigenvalue weighted by molar-refractivity contribution is 0.177. The number of nitrogens with two attached hydrogens (primary N) is 1. The molecule has 9 nitrogen and oxygen atoms in total. The molecular formula is C7H16N4O5S. The van der Waals surface area contributed by atoms with Gasteiger partial charge in [0.2, 0.25) is 0 Å². The molecule has 0 spiro atoms. The minimum absolute atomic E-state index is 0.0229. The molecule has 0 fully saturated rings. The Morgan fingerprint density at radius 1 is 1.59 bits per heavy atom. The first-order valence-corrected chi connectivity index (χ1v) is 6.17. The summed E-state index contributed by atoms with van der Waals surface area (Å²) in [6.45, 7) is 1.70. The predicted molar refractivity (Wildman–Crippen MR) is 59.7 cm³/mol. The zero-order valence-electron chi connectivity index (χ0n) is 9.50. The zero-order chi connectivity index (χ0) is 13.5. The molecule has 0 radical (unpaired) electrons.